The number of aryl methyl sites for hydroxylation is 1. The molecule has 1 aliphatic heterocycles. The number of benzene rings is 3. The first-order valence-corrected chi connectivity index (χ1v) is 14.9. The lowest BCUT2D eigenvalue weighted by molar-refractivity contribution is -0.143. The highest BCUT2D eigenvalue weighted by Crippen LogP contribution is 2.43. The van der Waals surface area contributed by atoms with Gasteiger partial charge in [-0.05, 0) is 97.5 Å². The first-order valence-electron chi connectivity index (χ1n) is 14.9. The molecule has 0 radical (unpaired) electrons. The number of hydrogen-bond acceptors (Lipinski definition) is 4. The molecule has 2 fully saturated rings. The highest BCUT2D eigenvalue weighted by atomic mass is 19.4. The van der Waals surface area contributed by atoms with Crippen molar-refractivity contribution in [2.24, 2.45) is 0 Å². The second-order valence-corrected chi connectivity index (χ2v) is 12.0. The number of carboxylic acid groups (broad SMARTS) is 1. The van der Waals surface area contributed by atoms with Gasteiger partial charge in [-0.3, -0.25) is 9.88 Å². The molecule has 1 amide bonds. The molecule has 1 aromatic heterocycles. The number of aromatic nitrogens is 1. The Labute approximate surface area is 269 Å². The maximum absolute atomic E-state index is 15.5. The van der Waals surface area contributed by atoms with Gasteiger partial charge >= 0.3 is 24.4 Å². The number of nitrogens with zero attached hydrogens (tertiary/aromatic N) is 2. The van der Waals surface area contributed by atoms with Gasteiger partial charge in [0.1, 0.15) is 11.9 Å². The molecular formula is C35H27F7N2O4. The molecule has 4 aromatic rings. The van der Waals surface area contributed by atoms with Crippen LogP contribution in [0.4, 0.5) is 35.5 Å². The van der Waals surface area contributed by atoms with E-state index in [2.05, 4.69) is 0 Å². The number of carbonyl (C=O) groups excluding carboxylic acids is 1. The van der Waals surface area contributed by atoms with Crippen molar-refractivity contribution in [3.05, 3.63) is 112 Å². The van der Waals surface area contributed by atoms with Gasteiger partial charge in [0.25, 0.3) is 0 Å². The van der Waals surface area contributed by atoms with Gasteiger partial charge in [0.15, 0.2) is 0 Å². The van der Waals surface area contributed by atoms with Crippen LogP contribution < -0.4 is 0 Å². The Balaban J connectivity index is 1.38. The second kappa shape index (κ2) is 11.9. The van der Waals surface area contributed by atoms with Crippen molar-refractivity contribution in [2.45, 2.75) is 63.7 Å². The fourth-order valence-corrected chi connectivity index (χ4v) is 5.97. The van der Waals surface area contributed by atoms with Crippen molar-refractivity contribution in [3.63, 3.8) is 0 Å². The standard InChI is InChI=1S/C35H27F7N2O4/c1-17-11-21(32(45)46)5-7-25(17)20-6-9-28(36)27(14-20)26-8-10-29(19-3-4-19)43-30(26)16-44-18(2)31(48-33(44)47)22-12-23(34(37,38)39)15-24(13-22)35(40,41)42/h5-15,18-19,31H,3-4,16H2,1-2H3,(H,45,46)/t18-,31?/m0/s1. The predicted molar refractivity (Wildman–Crippen MR) is 159 cm³/mol. The maximum Gasteiger partial charge on any atom is 0.416 e. The van der Waals surface area contributed by atoms with Crippen LogP contribution in [0.5, 0.6) is 0 Å². The molecular weight excluding hydrogens is 645 g/mol. The molecule has 1 aliphatic carbocycles. The van der Waals surface area contributed by atoms with Crippen LogP contribution in [0.15, 0.2) is 66.7 Å². The third-order valence-corrected chi connectivity index (χ3v) is 8.68. The van der Waals surface area contributed by atoms with Crippen LogP contribution in [0.2, 0.25) is 0 Å². The Kier molecular flexibility index (Phi) is 8.20. The smallest absolute Gasteiger partial charge is 0.416 e. The molecule has 1 saturated carbocycles. The number of alkyl halides is 6. The van der Waals surface area contributed by atoms with Crippen molar-refractivity contribution in [1.29, 1.82) is 0 Å². The molecule has 48 heavy (non-hydrogen) atoms. The fraction of sp³-hybridized carbons (Fsp3) is 0.286. The van der Waals surface area contributed by atoms with Crippen LogP contribution in [-0.2, 0) is 23.6 Å². The molecule has 250 valence electrons. The van der Waals surface area contributed by atoms with E-state index in [4.69, 9.17) is 9.72 Å². The average Bonchev–Trinajstić information content (AvgIpc) is 3.83. The molecule has 1 saturated heterocycles. The summed E-state index contributed by atoms with van der Waals surface area (Å²) in [5.41, 5.74) is -0.152. The lowest BCUT2D eigenvalue weighted by Crippen LogP contribution is -2.32. The molecule has 0 bridgehead atoms. The monoisotopic (exact) mass is 672 g/mol. The third-order valence-electron chi connectivity index (χ3n) is 8.68. The summed E-state index contributed by atoms with van der Waals surface area (Å²) in [6, 6.07) is 12.4. The van der Waals surface area contributed by atoms with E-state index in [0.717, 1.165) is 17.7 Å². The van der Waals surface area contributed by atoms with E-state index in [1.54, 1.807) is 37.3 Å². The summed E-state index contributed by atoms with van der Waals surface area (Å²) in [4.78, 5) is 30.5. The van der Waals surface area contributed by atoms with Crippen molar-refractivity contribution in [3.8, 4) is 22.3 Å². The summed E-state index contributed by atoms with van der Waals surface area (Å²) >= 11 is 0. The molecule has 1 N–H and O–H groups in total. The number of amides is 1. The summed E-state index contributed by atoms with van der Waals surface area (Å²) in [7, 11) is 0. The van der Waals surface area contributed by atoms with Gasteiger partial charge in [-0.15, -0.1) is 0 Å². The number of halogens is 7. The minimum Gasteiger partial charge on any atom is -0.478 e. The molecule has 0 spiro atoms. The topological polar surface area (TPSA) is 79.7 Å². The van der Waals surface area contributed by atoms with Gasteiger partial charge < -0.3 is 9.84 Å². The zero-order valence-electron chi connectivity index (χ0n) is 25.4. The lowest BCUT2D eigenvalue weighted by Gasteiger charge is -2.23. The number of rotatable bonds is 7. The van der Waals surface area contributed by atoms with E-state index in [-0.39, 0.29) is 35.3 Å². The first kappa shape index (κ1) is 33.0. The molecule has 2 heterocycles. The van der Waals surface area contributed by atoms with Gasteiger partial charge in [0.2, 0.25) is 0 Å². The molecule has 2 aliphatic rings. The Morgan fingerprint density at radius 2 is 1.54 bits per heavy atom. The largest absolute Gasteiger partial charge is 0.478 e. The van der Waals surface area contributed by atoms with Crippen LogP contribution in [0.3, 0.4) is 0 Å². The SMILES string of the molecule is Cc1cc(C(=O)O)ccc1-c1ccc(F)c(-c2ccc(C3CC3)nc2CN2C(=O)OC(c3cc(C(F)(F)F)cc(C(F)(F)F)c3)[C@@H]2C)c1. The van der Waals surface area contributed by atoms with Crippen molar-refractivity contribution in [1.82, 2.24) is 9.88 Å². The van der Waals surface area contributed by atoms with E-state index in [1.165, 1.54) is 25.1 Å². The fourth-order valence-electron chi connectivity index (χ4n) is 5.97. The number of carboxylic acids is 1. The number of ether oxygens (including phenoxy) is 1. The molecule has 6 rings (SSSR count). The summed E-state index contributed by atoms with van der Waals surface area (Å²) in [6.45, 7) is 2.90. The highest BCUT2D eigenvalue weighted by molar-refractivity contribution is 5.89. The Hall–Kier alpha value is -4.94. The maximum atomic E-state index is 15.5. The van der Waals surface area contributed by atoms with Crippen LogP contribution in [-0.4, -0.2) is 33.1 Å². The second-order valence-electron chi connectivity index (χ2n) is 12.0. The van der Waals surface area contributed by atoms with Gasteiger partial charge in [-0.25, -0.2) is 14.0 Å². The number of aromatic carboxylic acids is 1. The van der Waals surface area contributed by atoms with Gasteiger partial charge in [-0.1, -0.05) is 18.2 Å². The Bertz CT molecular complexity index is 1900. The van der Waals surface area contributed by atoms with E-state index in [9.17, 15) is 41.0 Å². The third kappa shape index (κ3) is 6.45. The Morgan fingerprint density at radius 3 is 2.12 bits per heavy atom. The summed E-state index contributed by atoms with van der Waals surface area (Å²) in [6.07, 6.45) is -10.9. The summed E-state index contributed by atoms with van der Waals surface area (Å²) in [5.74, 6) is -1.55. The number of cyclic esters (lactones) is 1. The van der Waals surface area contributed by atoms with Crippen LogP contribution >= 0.6 is 0 Å². The lowest BCUT2D eigenvalue weighted by atomic mass is 9.93. The normalized spacial score (nSPS) is 18.3. The van der Waals surface area contributed by atoms with Gasteiger partial charge in [0.05, 0.1) is 35.0 Å². The van der Waals surface area contributed by atoms with E-state index >= 15 is 4.39 Å². The summed E-state index contributed by atoms with van der Waals surface area (Å²) < 4.78 is 102. The minimum atomic E-state index is -5.08. The van der Waals surface area contributed by atoms with Crippen LogP contribution in [0.1, 0.15) is 75.8 Å². The quantitative estimate of drug-likeness (QED) is 0.198. The van der Waals surface area contributed by atoms with Crippen molar-refractivity contribution in [2.75, 3.05) is 0 Å². The average molecular weight is 673 g/mol. The zero-order chi connectivity index (χ0) is 34.7. The first-order chi connectivity index (χ1) is 22.5. The van der Waals surface area contributed by atoms with Gasteiger partial charge in [-0.2, -0.15) is 26.3 Å². The number of carbonyl (C=O) groups is 2. The number of hydrogen-bond donors (Lipinski definition) is 1. The van der Waals surface area contributed by atoms with Crippen LogP contribution in [0, 0.1) is 12.7 Å². The van der Waals surface area contributed by atoms with Crippen molar-refractivity contribution < 1.29 is 50.2 Å². The molecule has 6 nitrogen and oxygen atoms in total. The molecule has 2 atom stereocenters. The van der Waals surface area contributed by atoms with E-state index < -0.39 is 59.1 Å². The number of pyridine rings is 1. The molecule has 13 heteroatoms. The molecule has 1 unspecified atom stereocenters. The predicted octanol–water partition coefficient (Wildman–Crippen LogP) is 9.56. The minimum absolute atomic E-state index is 0.00690. The van der Waals surface area contributed by atoms with Crippen molar-refractivity contribution >= 4 is 12.1 Å². The summed E-state index contributed by atoms with van der Waals surface area (Å²) in [5, 5.41) is 9.34. The van der Waals surface area contributed by atoms with E-state index in [0.29, 0.717) is 40.1 Å². The van der Waals surface area contributed by atoms with Crippen LogP contribution in [0.25, 0.3) is 22.3 Å². The Morgan fingerprint density at radius 1 is 0.896 bits per heavy atom. The van der Waals surface area contributed by atoms with Gasteiger partial charge in [0, 0.05) is 22.7 Å². The molecule has 3 aromatic carbocycles. The highest BCUT2D eigenvalue weighted by Gasteiger charge is 2.43. The zero-order valence-corrected chi connectivity index (χ0v) is 25.4. The van der Waals surface area contributed by atoms with E-state index in [1.807, 2.05) is 0 Å².